The minimum atomic E-state index is 0.666. The van der Waals surface area contributed by atoms with Crippen LogP contribution in [0.3, 0.4) is 0 Å². The summed E-state index contributed by atoms with van der Waals surface area (Å²) in [7, 11) is 1.92. The maximum atomic E-state index is 5.48. The maximum Gasteiger partial charge on any atom is 0.193 e. The summed E-state index contributed by atoms with van der Waals surface area (Å²) in [5, 5.41) is 3.65. The van der Waals surface area contributed by atoms with Crippen LogP contribution in [-0.4, -0.2) is 99.3 Å². The number of aliphatic imine (C=N–C) groups is 1. The van der Waals surface area contributed by atoms with Gasteiger partial charge in [-0.2, -0.15) is 0 Å². The van der Waals surface area contributed by atoms with Crippen LogP contribution in [-0.2, 0) is 4.74 Å². The molecule has 1 N–H and O–H groups in total. The fourth-order valence-electron chi connectivity index (χ4n) is 4.34. The van der Waals surface area contributed by atoms with E-state index in [1.54, 1.807) is 0 Å². The lowest BCUT2D eigenvalue weighted by Crippen LogP contribution is -2.47. The van der Waals surface area contributed by atoms with E-state index in [-0.39, 0.29) is 0 Å². The fraction of sp³-hybridized carbons (Fsp3) is 0.944. The topological polar surface area (TPSA) is 43.3 Å². The highest BCUT2D eigenvalue weighted by Gasteiger charge is 2.30. The number of morpholine rings is 1. The van der Waals surface area contributed by atoms with Crippen molar-refractivity contribution in [2.24, 2.45) is 10.9 Å². The van der Waals surface area contributed by atoms with Crippen LogP contribution in [0.2, 0.25) is 0 Å². The Bertz CT molecular complexity index is 410. The highest BCUT2D eigenvalue weighted by Crippen LogP contribution is 2.18. The van der Waals surface area contributed by atoms with E-state index in [1.165, 1.54) is 38.9 Å². The zero-order valence-corrected chi connectivity index (χ0v) is 15.5. The SMILES string of the molecule is CCCN1CCC(CNC(=NC)N2CCC(N3CCOCC3)C2)C1. The van der Waals surface area contributed by atoms with Gasteiger partial charge in [-0.25, -0.2) is 0 Å². The summed E-state index contributed by atoms with van der Waals surface area (Å²) in [6, 6.07) is 0.666. The third-order valence-corrected chi connectivity index (χ3v) is 5.70. The quantitative estimate of drug-likeness (QED) is 0.591. The Morgan fingerprint density at radius 3 is 2.71 bits per heavy atom. The Morgan fingerprint density at radius 1 is 1.12 bits per heavy atom. The van der Waals surface area contributed by atoms with Crippen LogP contribution in [0.4, 0.5) is 0 Å². The third kappa shape index (κ3) is 4.61. The number of guanidine groups is 1. The lowest BCUT2D eigenvalue weighted by atomic mass is 10.1. The summed E-state index contributed by atoms with van der Waals surface area (Å²) in [6.07, 6.45) is 3.83. The highest BCUT2D eigenvalue weighted by atomic mass is 16.5. The molecule has 0 aromatic carbocycles. The Kier molecular flexibility index (Phi) is 6.75. The van der Waals surface area contributed by atoms with Crippen molar-refractivity contribution in [2.75, 3.05) is 72.6 Å². The molecule has 0 aromatic rings. The van der Waals surface area contributed by atoms with Gasteiger partial charge in [0.2, 0.25) is 0 Å². The molecule has 3 saturated heterocycles. The molecule has 138 valence electrons. The summed E-state index contributed by atoms with van der Waals surface area (Å²) in [4.78, 5) is 12.2. The number of hydrogen-bond acceptors (Lipinski definition) is 4. The van der Waals surface area contributed by atoms with E-state index in [0.29, 0.717) is 6.04 Å². The second kappa shape index (κ2) is 9.02. The first-order valence-corrected chi connectivity index (χ1v) is 9.80. The number of ether oxygens (including phenoxy) is 1. The molecular formula is C18H35N5O. The van der Waals surface area contributed by atoms with Gasteiger partial charge in [0.25, 0.3) is 0 Å². The molecule has 0 aliphatic carbocycles. The largest absolute Gasteiger partial charge is 0.379 e. The summed E-state index contributed by atoms with van der Waals surface area (Å²) < 4.78 is 5.48. The van der Waals surface area contributed by atoms with Gasteiger partial charge in [0.05, 0.1) is 13.2 Å². The highest BCUT2D eigenvalue weighted by molar-refractivity contribution is 5.80. The molecule has 2 unspecified atom stereocenters. The normalized spacial score (nSPS) is 30.2. The van der Waals surface area contributed by atoms with Crippen LogP contribution in [0.25, 0.3) is 0 Å². The zero-order chi connectivity index (χ0) is 16.8. The molecule has 0 bridgehead atoms. The van der Waals surface area contributed by atoms with Crippen molar-refractivity contribution in [1.29, 1.82) is 0 Å². The number of likely N-dealkylation sites (tertiary alicyclic amines) is 2. The first-order chi connectivity index (χ1) is 11.8. The van der Waals surface area contributed by atoms with Crippen molar-refractivity contribution in [2.45, 2.75) is 32.2 Å². The summed E-state index contributed by atoms with van der Waals surface area (Å²) in [6.45, 7) is 13.3. The van der Waals surface area contributed by atoms with Crippen molar-refractivity contribution < 1.29 is 4.74 Å². The molecule has 0 amide bonds. The minimum Gasteiger partial charge on any atom is -0.379 e. The average Bonchev–Trinajstić information content (AvgIpc) is 3.27. The predicted octanol–water partition coefficient (Wildman–Crippen LogP) is 0.700. The summed E-state index contributed by atoms with van der Waals surface area (Å²) in [5.74, 6) is 1.87. The van der Waals surface area contributed by atoms with Crippen LogP contribution < -0.4 is 5.32 Å². The second-order valence-corrected chi connectivity index (χ2v) is 7.42. The van der Waals surface area contributed by atoms with E-state index in [0.717, 1.165) is 57.8 Å². The molecule has 0 aromatic heterocycles. The van der Waals surface area contributed by atoms with Crippen molar-refractivity contribution >= 4 is 5.96 Å². The minimum absolute atomic E-state index is 0.666. The molecule has 3 aliphatic rings. The summed E-state index contributed by atoms with van der Waals surface area (Å²) >= 11 is 0. The van der Waals surface area contributed by atoms with Gasteiger partial charge in [-0.3, -0.25) is 9.89 Å². The molecule has 24 heavy (non-hydrogen) atoms. The molecule has 3 aliphatic heterocycles. The van der Waals surface area contributed by atoms with Crippen molar-refractivity contribution in [3.05, 3.63) is 0 Å². The van der Waals surface area contributed by atoms with Crippen LogP contribution in [0.5, 0.6) is 0 Å². The first kappa shape index (κ1) is 18.0. The van der Waals surface area contributed by atoms with Gasteiger partial charge in [-0.1, -0.05) is 6.92 Å². The molecule has 6 heteroatoms. The molecular weight excluding hydrogens is 302 g/mol. The average molecular weight is 338 g/mol. The van der Waals surface area contributed by atoms with Crippen LogP contribution >= 0.6 is 0 Å². The standard InChI is InChI=1S/C18H35N5O/c1-3-6-21-7-4-16(14-21)13-20-18(19-2)23-8-5-17(15-23)22-9-11-24-12-10-22/h16-17H,3-15H2,1-2H3,(H,19,20). The van der Waals surface area contributed by atoms with Crippen molar-refractivity contribution in [3.8, 4) is 0 Å². The fourth-order valence-corrected chi connectivity index (χ4v) is 4.34. The van der Waals surface area contributed by atoms with Crippen LogP contribution in [0, 0.1) is 5.92 Å². The smallest absolute Gasteiger partial charge is 0.193 e. The van der Waals surface area contributed by atoms with Gasteiger partial charge < -0.3 is 19.9 Å². The Hall–Kier alpha value is -0.850. The first-order valence-electron chi connectivity index (χ1n) is 9.80. The van der Waals surface area contributed by atoms with E-state index < -0.39 is 0 Å². The van der Waals surface area contributed by atoms with Gasteiger partial charge in [0, 0.05) is 52.4 Å². The van der Waals surface area contributed by atoms with E-state index in [9.17, 15) is 0 Å². The Labute approximate surface area is 147 Å². The molecule has 2 atom stereocenters. The van der Waals surface area contributed by atoms with Gasteiger partial charge in [-0.05, 0) is 38.3 Å². The molecule has 3 rings (SSSR count). The van der Waals surface area contributed by atoms with E-state index in [4.69, 9.17) is 4.74 Å². The monoisotopic (exact) mass is 337 g/mol. The van der Waals surface area contributed by atoms with Crippen LogP contribution in [0.15, 0.2) is 4.99 Å². The maximum absolute atomic E-state index is 5.48. The molecule has 3 heterocycles. The van der Waals surface area contributed by atoms with E-state index in [1.807, 2.05) is 7.05 Å². The van der Waals surface area contributed by atoms with Crippen LogP contribution in [0.1, 0.15) is 26.2 Å². The van der Waals surface area contributed by atoms with E-state index in [2.05, 4.69) is 31.9 Å². The molecule has 0 radical (unpaired) electrons. The number of rotatable bonds is 5. The number of hydrogen-bond donors (Lipinski definition) is 1. The predicted molar refractivity (Wildman–Crippen MR) is 98.6 cm³/mol. The van der Waals surface area contributed by atoms with Gasteiger partial charge in [0.1, 0.15) is 0 Å². The zero-order valence-electron chi connectivity index (χ0n) is 15.5. The number of nitrogens with zero attached hydrogens (tertiary/aromatic N) is 4. The van der Waals surface area contributed by atoms with Gasteiger partial charge in [0.15, 0.2) is 5.96 Å². The van der Waals surface area contributed by atoms with Crippen molar-refractivity contribution in [3.63, 3.8) is 0 Å². The van der Waals surface area contributed by atoms with Gasteiger partial charge >= 0.3 is 0 Å². The molecule has 0 spiro atoms. The third-order valence-electron chi connectivity index (χ3n) is 5.70. The van der Waals surface area contributed by atoms with Crippen molar-refractivity contribution in [1.82, 2.24) is 20.0 Å². The van der Waals surface area contributed by atoms with Gasteiger partial charge in [-0.15, -0.1) is 0 Å². The second-order valence-electron chi connectivity index (χ2n) is 7.42. The Balaban J connectivity index is 1.42. The molecule has 0 saturated carbocycles. The summed E-state index contributed by atoms with van der Waals surface area (Å²) in [5.41, 5.74) is 0. The Morgan fingerprint density at radius 2 is 1.96 bits per heavy atom. The molecule has 6 nitrogen and oxygen atoms in total. The lowest BCUT2D eigenvalue weighted by molar-refractivity contribution is 0.0195. The lowest BCUT2D eigenvalue weighted by Gasteiger charge is -2.32. The molecule has 3 fully saturated rings. The number of nitrogens with one attached hydrogen (secondary N) is 1. The van der Waals surface area contributed by atoms with E-state index >= 15 is 0 Å².